The maximum absolute atomic E-state index is 12.8. The van der Waals surface area contributed by atoms with E-state index in [-0.39, 0.29) is 16.3 Å². The third-order valence-corrected chi connectivity index (χ3v) is 6.95. The van der Waals surface area contributed by atoms with Gasteiger partial charge in [0, 0.05) is 19.0 Å². The van der Waals surface area contributed by atoms with Crippen molar-refractivity contribution in [2.45, 2.75) is 11.8 Å². The molecule has 0 radical (unpaired) electrons. The molecule has 4 aromatic carbocycles. The second-order valence-corrected chi connectivity index (χ2v) is 9.82. The SMILES string of the molecule is CCNc1c(N=Nc2ccc(C=Cc3ccc(N=NC)cc3)cc2)c(S(=O)(=O)OC)cc2cccc(O)c12. The molecule has 0 saturated heterocycles. The molecule has 194 valence electrons. The van der Waals surface area contributed by atoms with Gasteiger partial charge in [-0.2, -0.15) is 23.8 Å². The Kier molecular flexibility index (Phi) is 8.25. The lowest BCUT2D eigenvalue weighted by Crippen LogP contribution is -2.06. The summed E-state index contributed by atoms with van der Waals surface area (Å²) in [5.41, 5.74) is 3.70. The number of aromatic hydroxyl groups is 1. The van der Waals surface area contributed by atoms with Crippen LogP contribution < -0.4 is 5.32 Å². The van der Waals surface area contributed by atoms with Crippen LogP contribution in [0.3, 0.4) is 0 Å². The zero-order valence-corrected chi connectivity index (χ0v) is 22.0. The lowest BCUT2D eigenvalue weighted by molar-refractivity contribution is 0.398. The molecule has 0 aliphatic rings. The van der Waals surface area contributed by atoms with Gasteiger partial charge in [0.15, 0.2) is 0 Å². The van der Waals surface area contributed by atoms with Crippen molar-refractivity contribution in [2.24, 2.45) is 20.5 Å². The van der Waals surface area contributed by atoms with Crippen molar-refractivity contribution in [3.05, 3.63) is 83.9 Å². The van der Waals surface area contributed by atoms with Gasteiger partial charge in [0.05, 0.1) is 24.2 Å². The molecular formula is C28H27N5O4S. The molecule has 0 saturated carbocycles. The van der Waals surface area contributed by atoms with Gasteiger partial charge in [-0.05, 0) is 59.8 Å². The Morgan fingerprint density at radius 1 is 0.895 bits per heavy atom. The first-order chi connectivity index (χ1) is 18.4. The smallest absolute Gasteiger partial charge is 0.299 e. The highest BCUT2D eigenvalue weighted by atomic mass is 32.2. The Morgan fingerprint density at radius 3 is 2.05 bits per heavy atom. The van der Waals surface area contributed by atoms with Crippen molar-refractivity contribution >= 4 is 55.8 Å². The molecule has 2 N–H and O–H groups in total. The fraction of sp³-hybridized carbons (Fsp3) is 0.143. The molecule has 0 heterocycles. The first kappa shape index (κ1) is 26.6. The molecular weight excluding hydrogens is 502 g/mol. The molecule has 38 heavy (non-hydrogen) atoms. The third-order valence-electron chi connectivity index (χ3n) is 5.66. The Balaban J connectivity index is 1.68. The van der Waals surface area contributed by atoms with Crippen LogP contribution in [-0.4, -0.2) is 34.2 Å². The number of azo groups is 2. The minimum Gasteiger partial charge on any atom is -0.507 e. The molecule has 10 heteroatoms. The topological polar surface area (TPSA) is 125 Å². The largest absolute Gasteiger partial charge is 0.507 e. The van der Waals surface area contributed by atoms with Gasteiger partial charge in [-0.3, -0.25) is 4.18 Å². The van der Waals surface area contributed by atoms with E-state index >= 15 is 0 Å². The summed E-state index contributed by atoms with van der Waals surface area (Å²) >= 11 is 0. The molecule has 0 atom stereocenters. The summed E-state index contributed by atoms with van der Waals surface area (Å²) in [6.07, 6.45) is 3.95. The predicted molar refractivity (Wildman–Crippen MR) is 150 cm³/mol. The highest BCUT2D eigenvalue weighted by Gasteiger charge is 2.25. The standard InChI is InChI=1S/C28H27N5O4S/c1-4-30-28-26-21(6-5-7-24(26)34)18-25(38(35,36)37-3)27(28)33-32-23-16-12-20(13-17-23)9-8-19-10-14-22(15-11-19)31-29-2/h5-18,30,34H,4H2,1-3H3. The molecule has 0 fully saturated rings. The molecule has 0 aromatic heterocycles. The average Bonchev–Trinajstić information content (AvgIpc) is 2.92. The summed E-state index contributed by atoms with van der Waals surface area (Å²) in [6.45, 7) is 2.33. The van der Waals surface area contributed by atoms with E-state index in [9.17, 15) is 13.5 Å². The number of phenols is 1. The van der Waals surface area contributed by atoms with Crippen LogP contribution in [0.5, 0.6) is 5.75 Å². The number of nitrogens with zero attached hydrogens (tertiary/aromatic N) is 4. The van der Waals surface area contributed by atoms with Crippen LogP contribution in [0.2, 0.25) is 0 Å². The average molecular weight is 530 g/mol. The maximum Gasteiger partial charge on any atom is 0.299 e. The summed E-state index contributed by atoms with van der Waals surface area (Å²) in [6, 6.07) is 21.3. The fourth-order valence-corrected chi connectivity index (χ4v) is 4.68. The second-order valence-electron chi connectivity index (χ2n) is 8.14. The van der Waals surface area contributed by atoms with Gasteiger partial charge in [-0.1, -0.05) is 48.6 Å². The fourth-order valence-electron chi connectivity index (χ4n) is 3.85. The van der Waals surface area contributed by atoms with Crippen molar-refractivity contribution in [2.75, 3.05) is 26.0 Å². The maximum atomic E-state index is 12.8. The van der Waals surface area contributed by atoms with Gasteiger partial charge in [0.1, 0.15) is 16.3 Å². The lowest BCUT2D eigenvalue weighted by Gasteiger charge is -2.15. The van der Waals surface area contributed by atoms with Crippen LogP contribution in [0, 0.1) is 0 Å². The normalized spacial score (nSPS) is 12.3. The summed E-state index contributed by atoms with van der Waals surface area (Å²) < 4.78 is 30.3. The van der Waals surface area contributed by atoms with E-state index < -0.39 is 10.1 Å². The number of hydrogen-bond acceptors (Lipinski definition) is 9. The van der Waals surface area contributed by atoms with Crippen LogP contribution in [0.4, 0.5) is 22.7 Å². The number of rotatable bonds is 9. The Hall–Kier alpha value is -4.41. The monoisotopic (exact) mass is 529 g/mol. The predicted octanol–water partition coefficient (Wildman–Crippen LogP) is 7.61. The first-order valence-electron chi connectivity index (χ1n) is 11.8. The number of fused-ring (bicyclic) bond motifs is 1. The van der Waals surface area contributed by atoms with Gasteiger partial charge in [-0.25, -0.2) is 0 Å². The molecule has 4 aromatic rings. The first-order valence-corrected chi connectivity index (χ1v) is 13.2. The zero-order valence-electron chi connectivity index (χ0n) is 21.2. The van der Waals surface area contributed by atoms with Crippen LogP contribution >= 0.6 is 0 Å². The van der Waals surface area contributed by atoms with E-state index in [1.54, 1.807) is 31.3 Å². The van der Waals surface area contributed by atoms with E-state index in [1.165, 1.54) is 12.1 Å². The van der Waals surface area contributed by atoms with E-state index in [0.29, 0.717) is 28.7 Å². The van der Waals surface area contributed by atoms with Crippen LogP contribution in [-0.2, 0) is 14.3 Å². The van der Waals surface area contributed by atoms with Gasteiger partial charge in [0.25, 0.3) is 10.1 Å². The molecule has 4 rings (SSSR count). The van der Waals surface area contributed by atoms with Crippen LogP contribution in [0.15, 0.2) is 98.1 Å². The van der Waals surface area contributed by atoms with Crippen molar-refractivity contribution in [1.29, 1.82) is 0 Å². The summed E-state index contributed by atoms with van der Waals surface area (Å²) in [4.78, 5) is -0.149. The number of nitrogens with one attached hydrogen (secondary N) is 1. The number of hydrogen-bond donors (Lipinski definition) is 2. The van der Waals surface area contributed by atoms with Gasteiger partial charge < -0.3 is 10.4 Å². The van der Waals surface area contributed by atoms with E-state index in [0.717, 1.165) is 23.9 Å². The quantitative estimate of drug-likeness (QED) is 0.131. The van der Waals surface area contributed by atoms with Crippen LogP contribution in [0.25, 0.3) is 22.9 Å². The number of phenolic OH excluding ortho intramolecular Hbond substituents is 1. The number of benzene rings is 4. The Labute approximate surface area is 221 Å². The molecule has 0 aliphatic heterocycles. The molecule has 0 amide bonds. The highest BCUT2D eigenvalue weighted by molar-refractivity contribution is 7.87. The molecule has 0 aliphatic carbocycles. The zero-order chi connectivity index (χ0) is 27.1. The Bertz CT molecular complexity index is 1630. The van der Waals surface area contributed by atoms with Crippen molar-refractivity contribution < 1.29 is 17.7 Å². The Morgan fingerprint density at radius 2 is 1.50 bits per heavy atom. The van der Waals surface area contributed by atoms with Crippen molar-refractivity contribution in [1.82, 2.24) is 0 Å². The molecule has 0 bridgehead atoms. The summed E-state index contributed by atoms with van der Waals surface area (Å²) in [5, 5.41) is 31.0. The van der Waals surface area contributed by atoms with E-state index in [2.05, 4.69) is 25.8 Å². The minimum absolute atomic E-state index is 0.00296. The van der Waals surface area contributed by atoms with E-state index in [4.69, 9.17) is 4.18 Å². The van der Waals surface area contributed by atoms with Crippen molar-refractivity contribution in [3.8, 4) is 5.75 Å². The molecule has 0 unspecified atom stereocenters. The van der Waals surface area contributed by atoms with Gasteiger partial charge >= 0.3 is 0 Å². The summed E-state index contributed by atoms with van der Waals surface area (Å²) in [7, 11) is -1.40. The van der Waals surface area contributed by atoms with Crippen LogP contribution in [0.1, 0.15) is 18.1 Å². The van der Waals surface area contributed by atoms with Crippen molar-refractivity contribution in [3.63, 3.8) is 0 Å². The minimum atomic E-state index is -4.12. The number of anilines is 1. The van der Waals surface area contributed by atoms with Gasteiger partial charge in [-0.15, -0.1) is 5.11 Å². The third kappa shape index (κ3) is 5.93. The van der Waals surface area contributed by atoms with Gasteiger partial charge in [0.2, 0.25) is 0 Å². The lowest BCUT2D eigenvalue weighted by atomic mass is 10.1. The molecule has 9 nitrogen and oxygen atoms in total. The second kappa shape index (κ2) is 11.8. The summed E-state index contributed by atoms with van der Waals surface area (Å²) in [5.74, 6) is -0.00296. The molecule has 0 spiro atoms. The van der Waals surface area contributed by atoms with E-state index in [1.807, 2.05) is 55.5 Å². The highest BCUT2D eigenvalue weighted by Crippen LogP contribution is 2.44.